The Balaban J connectivity index is 2.35. The van der Waals surface area contributed by atoms with E-state index in [2.05, 4.69) is 6.58 Å². The van der Waals surface area contributed by atoms with E-state index in [1.54, 1.807) is 4.90 Å². The molecule has 1 heterocycles. The topological polar surface area (TPSA) is 20.3 Å². The van der Waals surface area contributed by atoms with Crippen molar-refractivity contribution < 1.29 is 4.79 Å². The van der Waals surface area contributed by atoms with Crippen molar-refractivity contribution >= 4 is 23.2 Å². The van der Waals surface area contributed by atoms with Crippen LogP contribution in [0.3, 0.4) is 0 Å². The molecule has 0 radical (unpaired) electrons. The zero-order valence-corrected chi connectivity index (χ0v) is 8.42. The molecule has 3 heteroatoms. The van der Waals surface area contributed by atoms with Crippen LogP contribution in [0.1, 0.15) is 5.56 Å². The predicted molar refractivity (Wildman–Crippen MR) is 57.5 cm³/mol. The Kier molecular flexibility index (Phi) is 2.30. The van der Waals surface area contributed by atoms with Crippen LogP contribution >= 0.6 is 11.6 Å². The minimum atomic E-state index is -0.198. The van der Waals surface area contributed by atoms with Crippen molar-refractivity contribution in [3.05, 3.63) is 41.4 Å². The second kappa shape index (κ2) is 3.46. The number of nitrogens with zero attached hydrogens (tertiary/aromatic N) is 1. The van der Waals surface area contributed by atoms with Gasteiger partial charge in [0.1, 0.15) is 0 Å². The second-order valence-corrected chi connectivity index (χ2v) is 3.70. The lowest BCUT2D eigenvalue weighted by atomic mass is 10.2. The number of hydrogen-bond donors (Lipinski definition) is 0. The molecule has 0 saturated carbocycles. The van der Waals surface area contributed by atoms with Crippen molar-refractivity contribution in [1.29, 1.82) is 0 Å². The molecule has 0 aliphatic carbocycles. The van der Waals surface area contributed by atoms with E-state index in [1.165, 1.54) is 5.56 Å². The van der Waals surface area contributed by atoms with Gasteiger partial charge in [-0.1, -0.05) is 36.4 Å². The van der Waals surface area contributed by atoms with Gasteiger partial charge in [-0.25, -0.2) is 0 Å². The summed E-state index contributed by atoms with van der Waals surface area (Å²) in [6.07, 6.45) is 0.895. The van der Waals surface area contributed by atoms with Crippen LogP contribution in [0.25, 0.3) is 0 Å². The first kappa shape index (κ1) is 9.28. The molecule has 1 aliphatic rings. The number of para-hydroxylation sites is 1. The van der Waals surface area contributed by atoms with E-state index in [1.807, 2.05) is 24.3 Å². The predicted octanol–water partition coefficient (Wildman–Crippen LogP) is 2.33. The molecule has 1 aromatic rings. The molecule has 1 aromatic carbocycles. The van der Waals surface area contributed by atoms with Gasteiger partial charge >= 0.3 is 0 Å². The van der Waals surface area contributed by atoms with Crippen LogP contribution in [0, 0.1) is 0 Å². The smallest absolute Gasteiger partial charge is 0.269 e. The van der Waals surface area contributed by atoms with Gasteiger partial charge in [0, 0.05) is 12.2 Å². The van der Waals surface area contributed by atoms with Crippen molar-refractivity contribution in [1.82, 2.24) is 0 Å². The van der Waals surface area contributed by atoms with Crippen molar-refractivity contribution in [2.24, 2.45) is 0 Å². The van der Waals surface area contributed by atoms with Crippen molar-refractivity contribution in [3.63, 3.8) is 0 Å². The molecule has 2 rings (SSSR count). The van der Waals surface area contributed by atoms with E-state index < -0.39 is 0 Å². The number of carbonyl (C=O) groups excluding carboxylic acids is 1. The highest BCUT2D eigenvalue weighted by Gasteiger charge is 2.24. The van der Waals surface area contributed by atoms with Crippen LogP contribution < -0.4 is 4.90 Å². The quantitative estimate of drug-likeness (QED) is 0.648. The molecule has 0 N–H and O–H groups in total. The molecule has 1 amide bonds. The van der Waals surface area contributed by atoms with Crippen LogP contribution in [0.5, 0.6) is 0 Å². The average Bonchev–Trinajstić information content (AvgIpc) is 2.60. The van der Waals surface area contributed by atoms with Gasteiger partial charge in [-0.05, 0) is 18.1 Å². The fourth-order valence-corrected chi connectivity index (χ4v) is 1.80. The van der Waals surface area contributed by atoms with E-state index in [4.69, 9.17) is 11.6 Å². The molecule has 2 nitrogen and oxygen atoms in total. The summed E-state index contributed by atoms with van der Waals surface area (Å²) < 4.78 is 0. The summed E-state index contributed by atoms with van der Waals surface area (Å²) in [5.41, 5.74) is 2.15. The largest absolute Gasteiger partial charge is 0.307 e. The number of fused-ring (bicyclic) bond motifs is 1. The lowest BCUT2D eigenvalue weighted by molar-refractivity contribution is -0.114. The summed E-state index contributed by atoms with van der Waals surface area (Å²) in [5, 5.41) is 0.0710. The van der Waals surface area contributed by atoms with Gasteiger partial charge in [0.15, 0.2) is 0 Å². The van der Waals surface area contributed by atoms with E-state index in [0.717, 1.165) is 12.1 Å². The lowest BCUT2D eigenvalue weighted by Crippen LogP contribution is -2.28. The third-order valence-electron chi connectivity index (χ3n) is 2.36. The summed E-state index contributed by atoms with van der Waals surface area (Å²) in [7, 11) is 0. The maximum absolute atomic E-state index is 11.6. The summed E-state index contributed by atoms with van der Waals surface area (Å²) in [5.74, 6) is -0.198. The van der Waals surface area contributed by atoms with Gasteiger partial charge in [-0.2, -0.15) is 0 Å². The molecule has 0 saturated heterocycles. The molecule has 0 aromatic heterocycles. The van der Waals surface area contributed by atoms with Gasteiger partial charge in [0.2, 0.25) is 0 Å². The first-order valence-electron chi connectivity index (χ1n) is 4.44. The summed E-state index contributed by atoms with van der Waals surface area (Å²) >= 11 is 5.59. The molecule has 0 spiro atoms. The number of halogens is 1. The van der Waals surface area contributed by atoms with Gasteiger partial charge in [-0.15, -0.1) is 0 Å². The van der Waals surface area contributed by atoms with Crippen LogP contribution in [0.15, 0.2) is 35.9 Å². The zero-order chi connectivity index (χ0) is 10.1. The minimum Gasteiger partial charge on any atom is -0.307 e. The molecule has 72 valence electrons. The zero-order valence-electron chi connectivity index (χ0n) is 7.66. The minimum absolute atomic E-state index is 0.0710. The van der Waals surface area contributed by atoms with E-state index in [9.17, 15) is 4.79 Å². The summed E-state index contributed by atoms with van der Waals surface area (Å²) in [6, 6.07) is 7.85. The highest BCUT2D eigenvalue weighted by atomic mass is 35.5. The third kappa shape index (κ3) is 1.42. The third-order valence-corrected chi connectivity index (χ3v) is 2.53. The Morgan fingerprint density at radius 1 is 1.43 bits per heavy atom. The number of rotatable bonds is 1. The number of anilines is 1. The lowest BCUT2D eigenvalue weighted by Gasteiger charge is -2.15. The van der Waals surface area contributed by atoms with E-state index in [-0.39, 0.29) is 10.9 Å². The number of amides is 1. The Morgan fingerprint density at radius 3 is 2.86 bits per heavy atom. The van der Waals surface area contributed by atoms with Crippen molar-refractivity contribution in [3.8, 4) is 0 Å². The monoisotopic (exact) mass is 207 g/mol. The Bertz CT molecular complexity index is 400. The molecule has 0 bridgehead atoms. The van der Waals surface area contributed by atoms with Gasteiger partial charge in [0.25, 0.3) is 5.91 Å². The normalized spacial score (nSPS) is 13.9. The van der Waals surface area contributed by atoms with Crippen LogP contribution in [0.4, 0.5) is 5.69 Å². The Hall–Kier alpha value is -1.28. The Morgan fingerprint density at radius 2 is 2.14 bits per heavy atom. The van der Waals surface area contributed by atoms with E-state index >= 15 is 0 Å². The van der Waals surface area contributed by atoms with Gasteiger partial charge in [-0.3, -0.25) is 4.79 Å². The molecule has 0 unspecified atom stereocenters. The SMILES string of the molecule is C=C(Cl)C(=O)N1CCc2ccccc21. The standard InChI is InChI=1S/C11H10ClNO/c1-8(12)11(14)13-7-6-9-4-2-3-5-10(9)13/h2-5H,1,6-7H2. The van der Waals surface area contributed by atoms with Crippen molar-refractivity contribution in [2.75, 3.05) is 11.4 Å². The molecule has 14 heavy (non-hydrogen) atoms. The Labute approximate surface area is 87.8 Å². The highest BCUT2D eigenvalue weighted by Crippen LogP contribution is 2.28. The van der Waals surface area contributed by atoms with Gasteiger partial charge < -0.3 is 4.90 Å². The second-order valence-electron chi connectivity index (χ2n) is 3.24. The molecule has 0 atom stereocenters. The number of hydrogen-bond acceptors (Lipinski definition) is 1. The first-order chi connectivity index (χ1) is 6.70. The summed E-state index contributed by atoms with van der Waals surface area (Å²) in [6.45, 7) is 4.15. The average molecular weight is 208 g/mol. The van der Waals surface area contributed by atoms with Crippen LogP contribution in [-0.4, -0.2) is 12.5 Å². The number of benzene rings is 1. The molecule has 0 fully saturated rings. The van der Waals surface area contributed by atoms with Crippen LogP contribution in [-0.2, 0) is 11.2 Å². The highest BCUT2D eigenvalue weighted by molar-refractivity contribution is 6.43. The van der Waals surface area contributed by atoms with Crippen LogP contribution in [0.2, 0.25) is 0 Å². The molecular formula is C11H10ClNO. The fraction of sp³-hybridized carbons (Fsp3) is 0.182. The molecular weight excluding hydrogens is 198 g/mol. The molecule has 1 aliphatic heterocycles. The maximum atomic E-state index is 11.6. The van der Waals surface area contributed by atoms with E-state index in [0.29, 0.717) is 6.54 Å². The van der Waals surface area contributed by atoms with Crippen molar-refractivity contribution in [2.45, 2.75) is 6.42 Å². The summed E-state index contributed by atoms with van der Waals surface area (Å²) in [4.78, 5) is 13.3. The van der Waals surface area contributed by atoms with Gasteiger partial charge in [0.05, 0.1) is 5.03 Å². The maximum Gasteiger partial charge on any atom is 0.269 e. The number of carbonyl (C=O) groups is 1. The fourth-order valence-electron chi connectivity index (χ4n) is 1.70. The first-order valence-corrected chi connectivity index (χ1v) is 4.82.